The van der Waals surface area contributed by atoms with Crippen molar-refractivity contribution in [3.05, 3.63) is 0 Å². The van der Waals surface area contributed by atoms with Crippen LogP contribution in [0.15, 0.2) is 0 Å². The molecular weight excluding hydrogens is 719 g/mol. The molecule has 1 heterocycles. The summed E-state index contributed by atoms with van der Waals surface area (Å²) in [5.74, 6) is -0.286. The molecule has 7 N–H and O–H groups in total. The molecule has 9 nitrogen and oxygen atoms in total. The van der Waals surface area contributed by atoms with Crippen molar-refractivity contribution < 1.29 is 40.2 Å². The van der Waals surface area contributed by atoms with Crippen LogP contribution in [0, 0.1) is 0 Å². The number of aliphatic hydroxyl groups excluding tert-OH is 6. The molecule has 0 aromatic rings. The van der Waals surface area contributed by atoms with Gasteiger partial charge in [0.05, 0.1) is 18.8 Å². The van der Waals surface area contributed by atoms with Gasteiger partial charge in [0.15, 0.2) is 0 Å². The zero-order valence-corrected chi connectivity index (χ0v) is 37.3. The van der Waals surface area contributed by atoms with E-state index in [4.69, 9.17) is 4.74 Å². The van der Waals surface area contributed by atoms with Gasteiger partial charge < -0.3 is 40.7 Å². The average molecular weight is 814 g/mol. The molecule has 1 saturated heterocycles. The Hall–Kier alpha value is -0.810. The van der Waals surface area contributed by atoms with E-state index in [0.717, 1.165) is 44.9 Å². The molecule has 1 aliphatic heterocycles. The van der Waals surface area contributed by atoms with Gasteiger partial charge in [-0.25, -0.2) is 0 Å². The molecule has 9 heteroatoms. The second-order valence-electron chi connectivity index (χ2n) is 17.8. The third-order valence-electron chi connectivity index (χ3n) is 12.5. The Morgan fingerprint density at radius 1 is 0.491 bits per heavy atom. The molecule has 0 aliphatic carbocycles. The molecule has 1 fully saturated rings. The average Bonchev–Trinajstić information content (AvgIpc) is 3.21. The molecule has 0 spiro atoms. The van der Waals surface area contributed by atoms with E-state index in [1.807, 2.05) is 0 Å². The molecule has 57 heavy (non-hydrogen) atoms. The maximum atomic E-state index is 13.1. The smallest absolute Gasteiger partial charge is 0.220 e. The van der Waals surface area contributed by atoms with Crippen molar-refractivity contribution in [3.8, 4) is 0 Å². The van der Waals surface area contributed by atoms with E-state index in [9.17, 15) is 35.4 Å². The molecule has 0 aromatic heterocycles. The first-order valence-corrected chi connectivity index (χ1v) is 24.7. The number of hydrogen-bond acceptors (Lipinski definition) is 8. The van der Waals surface area contributed by atoms with E-state index >= 15 is 0 Å². The molecule has 340 valence electrons. The Bertz CT molecular complexity index is 877. The Labute approximate surface area is 350 Å². The quantitative estimate of drug-likeness (QED) is 0.0301. The van der Waals surface area contributed by atoms with Crippen LogP contribution in [0.3, 0.4) is 0 Å². The summed E-state index contributed by atoms with van der Waals surface area (Å²) in [6, 6.07) is -1.13. The van der Waals surface area contributed by atoms with E-state index < -0.39 is 55.4 Å². The van der Waals surface area contributed by atoms with Crippen molar-refractivity contribution >= 4 is 5.91 Å². The van der Waals surface area contributed by atoms with Crippen molar-refractivity contribution in [1.82, 2.24) is 5.32 Å². The Kier molecular flexibility index (Phi) is 36.3. The van der Waals surface area contributed by atoms with E-state index in [-0.39, 0.29) is 12.3 Å². The normalized spacial score (nSPS) is 21.4. The monoisotopic (exact) mass is 814 g/mol. The predicted molar refractivity (Wildman–Crippen MR) is 235 cm³/mol. The SMILES string of the molecule is CCCCCCCCCCCCCCCCCCCCCC(=O)N[C@@H](C(O)[C@@H]1O[C@H](CO)[C@@H](O)[C@H](O)[C@H]1O)[C@H](O)CCCCCCCCCCCCCCCCC. The number of unbranched alkanes of at least 4 members (excludes halogenated alkanes) is 32. The summed E-state index contributed by atoms with van der Waals surface area (Å²) in [6.45, 7) is 3.91. The summed E-state index contributed by atoms with van der Waals surface area (Å²) < 4.78 is 5.62. The van der Waals surface area contributed by atoms with Crippen LogP contribution in [0.4, 0.5) is 0 Å². The second-order valence-corrected chi connectivity index (χ2v) is 17.8. The third-order valence-corrected chi connectivity index (χ3v) is 12.5. The number of nitrogens with one attached hydrogen (secondary N) is 1. The summed E-state index contributed by atoms with van der Waals surface area (Å²) in [5, 5.41) is 66.4. The summed E-state index contributed by atoms with van der Waals surface area (Å²) in [5.41, 5.74) is 0. The zero-order chi connectivity index (χ0) is 41.8. The van der Waals surface area contributed by atoms with Gasteiger partial charge in [-0.1, -0.05) is 226 Å². The van der Waals surface area contributed by atoms with Gasteiger partial charge in [-0.05, 0) is 12.8 Å². The highest BCUT2D eigenvalue weighted by Crippen LogP contribution is 2.26. The van der Waals surface area contributed by atoms with Crippen LogP contribution in [0.1, 0.15) is 245 Å². The minimum absolute atomic E-state index is 0.266. The summed E-state index contributed by atoms with van der Waals surface area (Å²) in [4.78, 5) is 13.1. The maximum absolute atomic E-state index is 13.1. The molecule has 8 atom stereocenters. The van der Waals surface area contributed by atoms with Crippen molar-refractivity contribution in [2.75, 3.05) is 6.61 Å². The molecule has 1 amide bonds. The maximum Gasteiger partial charge on any atom is 0.220 e. The number of carbonyl (C=O) groups is 1. The van der Waals surface area contributed by atoms with E-state index in [1.165, 1.54) is 167 Å². The van der Waals surface area contributed by atoms with Gasteiger partial charge in [-0.2, -0.15) is 0 Å². The first kappa shape index (κ1) is 54.2. The lowest BCUT2D eigenvalue weighted by Gasteiger charge is -2.44. The molecular formula is C48H95NO8. The predicted octanol–water partition coefficient (Wildman–Crippen LogP) is 10.1. The highest BCUT2D eigenvalue weighted by atomic mass is 16.6. The molecule has 0 radical (unpaired) electrons. The Morgan fingerprint density at radius 2 is 0.825 bits per heavy atom. The number of ether oxygens (including phenoxy) is 1. The van der Waals surface area contributed by atoms with Gasteiger partial charge in [0.2, 0.25) is 5.91 Å². The van der Waals surface area contributed by atoms with E-state index in [0.29, 0.717) is 12.8 Å². The number of aliphatic hydroxyl groups is 6. The fraction of sp³-hybridized carbons (Fsp3) is 0.979. The second kappa shape index (κ2) is 38.1. The Morgan fingerprint density at radius 3 is 1.18 bits per heavy atom. The summed E-state index contributed by atoms with van der Waals surface area (Å²) in [6.07, 6.45) is 33.3. The van der Waals surface area contributed by atoms with Crippen LogP contribution in [-0.2, 0) is 9.53 Å². The van der Waals surface area contributed by atoms with Crippen LogP contribution < -0.4 is 5.32 Å². The summed E-state index contributed by atoms with van der Waals surface area (Å²) in [7, 11) is 0. The van der Waals surface area contributed by atoms with Crippen molar-refractivity contribution in [2.45, 2.75) is 294 Å². The number of rotatable bonds is 41. The molecule has 0 saturated carbocycles. The summed E-state index contributed by atoms with van der Waals surface area (Å²) >= 11 is 0. The molecule has 0 bridgehead atoms. The van der Waals surface area contributed by atoms with Crippen LogP contribution in [0.25, 0.3) is 0 Å². The number of amides is 1. The van der Waals surface area contributed by atoms with Gasteiger partial charge in [0.1, 0.15) is 36.6 Å². The molecule has 1 unspecified atom stereocenters. The van der Waals surface area contributed by atoms with Crippen LogP contribution in [0.5, 0.6) is 0 Å². The largest absolute Gasteiger partial charge is 0.394 e. The first-order chi connectivity index (χ1) is 27.8. The van der Waals surface area contributed by atoms with Crippen LogP contribution in [-0.4, -0.2) is 91.9 Å². The Balaban J connectivity index is 2.33. The third kappa shape index (κ3) is 27.6. The molecule has 1 rings (SSSR count). The van der Waals surface area contributed by atoms with Crippen LogP contribution >= 0.6 is 0 Å². The van der Waals surface area contributed by atoms with Gasteiger partial charge in [-0.3, -0.25) is 4.79 Å². The zero-order valence-electron chi connectivity index (χ0n) is 37.3. The highest BCUT2D eigenvalue weighted by molar-refractivity contribution is 5.76. The minimum Gasteiger partial charge on any atom is -0.394 e. The van der Waals surface area contributed by atoms with Gasteiger partial charge in [-0.15, -0.1) is 0 Å². The van der Waals surface area contributed by atoms with E-state index in [2.05, 4.69) is 19.2 Å². The molecule has 0 aromatic carbocycles. The molecule has 1 aliphatic rings. The van der Waals surface area contributed by atoms with Crippen molar-refractivity contribution in [3.63, 3.8) is 0 Å². The van der Waals surface area contributed by atoms with Crippen LogP contribution in [0.2, 0.25) is 0 Å². The number of carbonyl (C=O) groups excluding carboxylic acids is 1. The first-order valence-electron chi connectivity index (χ1n) is 24.7. The van der Waals surface area contributed by atoms with Gasteiger partial charge in [0.25, 0.3) is 0 Å². The fourth-order valence-corrected chi connectivity index (χ4v) is 8.55. The lowest BCUT2D eigenvalue weighted by molar-refractivity contribution is -0.253. The lowest BCUT2D eigenvalue weighted by Crippen LogP contribution is -2.66. The van der Waals surface area contributed by atoms with Crippen molar-refractivity contribution in [1.29, 1.82) is 0 Å². The fourth-order valence-electron chi connectivity index (χ4n) is 8.55. The number of hydrogen-bond donors (Lipinski definition) is 7. The van der Waals surface area contributed by atoms with Crippen molar-refractivity contribution in [2.24, 2.45) is 0 Å². The minimum atomic E-state index is -1.66. The van der Waals surface area contributed by atoms with Gasteiger partial charge in [0, 0.05) is 6.42 Å². The lowest BCUT2D eigenvalue weighted by atomic mass is 9.87. The van der Waals surface area contributed by atoms with E-state index in [1.54, 1.807) is 0 Å². The standard InChI is InChI=1S/C48H95NO8/c1-3-5-7-9-11-13-15-17-19-20-21-22-24-26-28-30-32-34-36-38-42(52)49-43(45(54)48-47(56)46(55)44(53)41(39-50)57-48)40(51)37-35-33-31-29-27-25-23-18-16-14-12-10-8-6-4-2/h40-41,43-48,50-51,53-56H,3-39H2,1-2H3,(H,49,52)/t40-,41-,43-,44-,45?,46+,47-,48+/m1/s1. The topological polar surface area (TPSA) is 160 Å². The van der Waals surface area contributed by atoms with Gasteiger partial charge >= 0.3 is 0 Å². The highest BCUT2D eigenvalue weighted by Gasteiger charge is 2.48.